The van der Waals surface area contributed by atoms with Crippen molar-refractivity contribution < 1.29 is 0 Å². The van der Waals surface area contributed by atoms with E-state index in [0.717, 1.165) is 23.6 Å². The number of rotatable bonds is 5. The van der Waals surface area contributed by atoms with Gasteiger partial charge in [0.2, 0.25) is 0 Å². The summed E-state index contributed by atoms with van der Waals surface area (Å²) in [6.07, 6.45) is 4.51. The van der Waals surface area contributed by atoms with Gasteiger partial charge >= 0.3 is 0 Å². The van der Waals surface area contributed by atoms with Crippen molar-refractivity contribution in [1.82, 2.24) is 15.0 Å². The van der Waals surface area contributed by atoms with E-state index in [9.17, 15) is 0 Å². The van der Waals surface area contributed by atoms with E-state index >= 15 is 0 Å². The van der Waals surface area contributed by atoms with Crippen LogP contribution in [0.25, 0.3) is 0 Å². The molecule has 2 rings (SSSR count). The monoisotopic (exact) mass is 274 g/mol. The lowest BCUT2D eigenvalue weighted by Gasteiger charge is -2.09. The highest BCUT2D eigenvalue weighted by Gasteiger charge is 2.02. The largest absolute Gasteiger partial charge is 0.367 e. The van der Waals surface area contributed by atoms with Crippen LogP contribution in [0.3, 0.4) is 0 Å². The molecule has 0 spiro atoms. The molecule has 0 saturated heterocycles. The third kappa shape index (κ3) is 4.44. The molecule has 5 heteroatoms. The summed E-state index contributed by atoms with van der Waals surface area (Å²) in [4.78, 5) is 11.7. The van der Waals surface area contributed by atoms with Gasteiger partial charge in [-0.15, -0.1) is 0 Å². The van der Waals surface area contributed by atoms with E-state index in [0.29, 0.717) is 17.1 Å². The first-order valence-electron chi connectivity index (χ1n) is 6.36. The van der Waals surface area contributed by atoms with Crippen LogP contribution in [0.1, 0.15) is 25.2 Å². The lowest BCUT2D eigenvalue weighted by Crippen LogP contribution is -2.06. The van der Waals surface area contributed by atoms with Crippen LogP contribution in [0.5, 0.6) is 0 Å². The van der Waals surface area contributed by atoms with Crippen LogP contribution < -0.4 is 5.32 Å². The Morgan fingerprint density at radius 3 is 2.95 bits per heavy atom. The summed E-state index contributed by atoms with van der Waals surface area (Å²) in [5.74, 6) is 2.38. The number of aromatic amines is 1. The highest BCUT2D eigenvalue weighted by Crippen LogP contribution is 2.09. The molecule has 4 nitrogen and oxygen atoms in total. The molecule has 2 heterocycles. The number of hydrogen-bond acceptors (Lipinski definition) is 4. The maximum atomic E-state index is 5.19. The van der Waals surface area contributed by atoms with Crippen LogP contribution in [0.2, 0.25) is 0 Å². The second-order valence-corrected chi connectivity index (χ2v) is 5.31. The van der Waals surface area contributed by atoms with Crippen molar-refractivity contribution in [2.45, 2.75) is 26.8 Å². The number of aromatic nitrogens is 3. The quantitative estimate of drug-likeness (QED) is 0.821. The van der Waals surface area contributed by atoms with E-state index in [1.807, 2.05) is 24.4 Å². The Balaban J connectivity index is 2.08. The number of hydrogen-bond donors (Lipinski definition) is 2. The summed E-state index contributed by atoms with van der Waals surface area (Å²) in [6, 6.07) is 5.80. The van der Waals surface area contributed by atoms with Crippen LogP contribution in [-0.4, -0.2) is 15.0 Å². The van der Waals surface area contributed by atoms with Crippen molar-refractivity contribution in [1.29, 1.82) is 0 Å². The fourth-order valence-corrected chi connectivity index (χ4v) is 2.01. The van der Waals surface area contributed by atoms with Gasteiger partial charge in [-0.1, -0.05) is 32.1 Å². The third-order valence-corrected chi connectivity index (χ3v) is 2.81. The molecule has 2 aromatic rings. The molecule has 0 saturated carbocycles. The molecule has 0 bridgehead atoms. The Labute approximate surface area is 118 Å². The van der Waals surface area contributed by atoms with Crippen molar-refractivity contribution in [3.05, 3.63) is 46.6 Å². The molecule has 0 radical (unpaired) electrons. The Kier molecular flexibility index (Phi) is 4.63. The zero-order chi connectivity index (χ0) is 13.7. The minimum Gasteiger partial charge on any atom is -0.367 e. The van der Waals surface area contributed by atoms with Gasteiger partial charge in [0.05, 0.1) is 0 Å². The highest BCUT2D eigenvalue weighted by atomic mass is 32.1. The standard InChI is InChI=1S/C14H18N4S/c1-10(2)6-13-17-12(7-14(19)18-13)16-9-11-4-3-5-15-8-11/h3-5,7-8,10H,6,9H2,1-2H3,(H2,16,17,18,19). The molecule has 0 aliphatic heterocycles. The minimum absolute atomic E-state index is 0.548. The van der Waals surface area contributed by atoms with Crippen molar-refractivity contribution in [2.24, 2.45) is 5.92 Å². The van der Waals surface area contributed by atoms with Gasteiger partial charge in [0.15, 0.2) is 0 Å². The molecule has 0 aliphatic rings. The Morgan fingerprint density at radius 2 is 2.26 bits per heavy atom. The van der Waals surface area contributed by atoms with Crippen molar-refractivity contribution >= 4 is 18.0 Å². The van der Waals surface area contributed by atoms with E-state index < -0.39 is 0 Å². The van der Waals surface area contributed by atoms with Gasteiger partial charge in [0, 0.05) is 31.4 Å². The van der Waals surface area contributed by atoms with Crippen LogP contribution in [0.15, 0.2) is 30.6 Å². The number of pyridine rings is 1. The second kappa shape index (κ2) is 6.43. The van der Waals surface area contributed by atoms with E-state index in [4.69, 9.17) is 12.2 Å². The summed E-state index contributed by atoms with van der Waals surface area (Å²) in [6.45, 7) is 5.03. The average Bonchev–Trinajstić information content (AvgIpc) is 2.36. The first kappa shape index (κ1) is 13.7. The van der Waals surface area contributed by atoms with Gasteiger partial charge in [-0.05, 0) is 17.5 Å². The lowest BCUT2D eigenvalue weighted by atomic mass is 10.1. The van der Waals surface area contributed by atoms with E-state index in [1.54, 1.807) is 6.20 Å². The fourth-order valence-electron chi connectivity index (χ4n) is 1.79. The topological polar surface area (TPSA) is 53.6 Å². The molecule has 19 heavy (non-hydrogen) atoms. The minimum atomic E-state index is 0.548. The average molecular weight is 274 g/mol. The number of H-pyrrole nitrogens is 1. The maximum Gasteiger partial charge on any atom is 0.131 e. The summed E-state index contributed by atoms with van der Waals surface area (Å²) in [5, 5.41) is 3.31. The molecule has 2 aromatic heterocycles. The smallest absolute Gasteiger partial charge is 0.131 e. The zero-order valence-corrected chi connectivity index (χ0v) is 12.0. The molecule has 0 amide bonds. The molecule has 2 N–H and O–H groups in total. The number of nitrogens with one attached hydrogen (secondary N) is 2. The van der Waals surface area contributed by atoms with Crippen LogP contribution >= 0.6 is 12.2 Å². The van der Waals surface area contributed by atoms with Crippen LogP contribution in [-0.2, 0) is 13.0 Å². The zero-order valence-electron chi connectivity index (χ0n) is 11.2. The first-order valence-corrected chi connectivity index (χ1v) is 6.77. The molecule has 100 valence electrons. The van der Waals surface area contributed by atoms with E-state index in [2.05, 4.69) is 34.1 Å². The Hall–Kier alpha value is -1.75. The van der Waals surface area contributed by atoms with Crippen molar-refractivity contribution in [3.63, 3.8) is 0 Å². The number of anilines is 1. The number of nitrogens with zero attached hydrogens (tertiary/aromatic N) is 2. The lowest BCUT2D eigenvalue weighted by molar-refractivity contribution is 0.620. The summed E-state index contributed by atoms with van der Waals surface area (Å²) in [7, 11) is 0. The maximum absolute atomic E-state index is 5.19. The first-order chi connectivity index (χ1) is 9.13. The van der Waals surface area contributed by atoms with Crippen molar-refractivity contribution in [3.8, 4) is 0 Å². The van der Waals surface area contributed by atoms with E-state index in [-0.39, 0.29) is 0 Å². The predicted molar refractivity (Wildman–Crippen MR) is 79.5 cm³/mol. The normalized spacial score (nSPS) is 10.7. The van der Waals surface area contributed by atoms with Crippen LogP contribution in [0.4, 0.5) is 5.82 Å². The Bertz CT molecular complexity index is 577. The van der Waals surface area contributed by atoms with Gasteiger partial charge in [-0.3, -0.25) is 4.98 Å². The third-order valence-electron chi connectivity index (χ3n) is 2.60. The molecule has 0 unspecified atom stereocenters. The Morgan fingerprint density at radius 1 is 1.42 bits per heavy atom. The molecular weight excluding hydrogens is 256 g/mol. The van der Waals surface area contributed by atoms with Gasteiger partial charge in [0.25, 0.3) is 0 Å². The SMILES string of the molecule is CC(C)Cc1nc(=S)cc(NCc2cccnc2)[nH]1. The summed E-state index contributed by atoms with van der Waals surface area (Å²) >= 11 is 5.19. The van der Waals surface area contributed by atoms with Gasteiger partial charge in [0.1, 0.15) is 16.3 Å². The molecule has 0 aromatic carbocycles. The summed E-state index contributed by atoms with van der Waals surface area (Å²) < 4.78 is 0.614. The molecule has 0 atom stereocenters. The predicted octanol–water partition coefficient (Wildman–Crippen LogP) is 3.34. The van der Waals surface area contributed by atoms with Crippen LogP contribution in [0, 0.1) is 10.6 Å². The van der Waals surface area contributed by atoms with Crippen molar-refractivity contribution in [2.75, 3.05) is 5.32 Å². The van der Waals surface area contributed by atoms with Gasteiger partial charge in [-0.25, -0.2) is 4.98 Å². The summed E-state index contributed by atoms with van der Waals surface area (Å²) in [5.41, 5.74) is 1.13. The fraction of sp³-hybridized carbons (Fsp3) is 0.357. The van der Waals surface area contributed by atoms with Gasteiger partial charge in [-0.2, -0.15) is 0 Å². The highest BCUT2D eigenvalue weighted by molar-refractivity contribution is 7.71. The van der Waals surface area contributed by atoms with Gasteiger partial charge < -0.3 is 10.3 Å². The molecule has 0 aliphatic carbocycles. The molecule has 0 fully saturated rings. The van der Waals surface area contributed by atoms with E-state index in [1.165, 1.54) is 0 Å². The molecular formula is C14H18N4S. The second-order valence-electron chi connectivity index (χ2n) is 4.89.